The van der Waals surface area contributed by atoms with E-state index in [4.69, 9.17) is 4.74 Å². The summed E-state index contributed by atoms with van der Waals surface area (Å²) in [4.78, 5) is 0. The molecule has 0 saturated heterocycles. The van der Waals surface area contributed by atoms with Crippen LogP contribution in [0.4, 0.5) is 0 Å². The molecule has 2 aromatic carbocycles. The third-order valence-corrected chi connectivity index (χ3v) is 3.57. The highest BCUT2D eigenvalue weighted by molar-refractivity contribution is 5.91. The number of benzene rings is 2. The Morgan fingerprint density at radius 2 is 1.72 bits per heavy atom. The van der Waals surface area contributed by atoms with E-state index < -0.39 is 0 Å². The SMILES string of the molecule is COc1ccc(C(C)(C)CCO)c2ccccc12. The van der Waals surface area contributed by atoms with Gasteiger partial charge in [0.25, 0.3) is 0 Å². The smallest absolute Gasteiger partial charge is 0.126 e. The molecule has 0 unspecified atom stereocenters. The lowest BCUT2D eigenvalue weighted by Crippen LogP contribution is -2.19. The van der Waals surface area contributed by atoms with E-state index in [0.717, 1.165) is 17.6 Å². The summed E-state index contributed by atoms with van der Waals surface area (Å²) in [6, 6.07) is 12.4. The lowest BCUT2D eigenvalue weighted by atomic mass is 9.79. The van der Waals surface area contributed by atoms with E-state index in [1.165, 1.54) is 10.9 Å². The van der Waals surface area contributed by atoms with Crippen molar-refractivity contribution in [2.45, 2.75) is 25.7 Å². The molecule has 0 heterocycles. The van der Waals surface area contributed by atoms with Gasteiger partial charge in [-0.1, -0.05) is 44.2 Å². The summed E-state index contributed by atoms with van der Waals surface area (Å²) in [5.41, 5.74) is 1.22. The first-order chi connectivity index (χ1) is 8.60. The largest absolute Gasteiger partial charge is 0.496 e. The second-order valence-electron chi connectivity index (χ2n) is 5.22. The number of methoxy groups -OCH3 is 1. The first-order valence-electron chi connectivity index (χ1n) is 6.27. The van der Waals surface area contributed by atoms with Crippen molar-refractivity contribution in [2.75, 3.05) is 13.7 Å². The molecule has 1 N–H and O–H groups in total. The molecule has 2 nitrogen and oxygen atoms in total. The maximum absolute atomic E-state index is 9.21. The summed E-state index contributed by atoms with van der Waals surface area (Å²) in [5.74, 6) is 0.897. The molecule has 0 aliphatic heterocycles. The third kappa shape index (κ3) is 2.21. The highest BCUT2D eigenvalue weighted by Gasteiger charge is 2.22. The Hall–Kier alpha value is -1.54. The maximum atomic E-state index is 9.21. The third-order valence-electron chi connectivity index (χ3n) is 3.57. The van der Waals surface area contributed by atoms with E-state index in [1.54, 1.807) is 7.11 Å². The Kier molecular flexibility index (Phi) is 3.58. The molecule has 0 saturated carbocycles. The van der Waals surface area contributed by atoms with Crippen molar-refractivity contribution >= 4 is 10.8 Å². The minimum absolute atomic E-state index is 0.0410. The van der Waals surface area contributed by atoms with Crippen LogP contribution in [0.1, 0.15) is 25.8 Å². The molecule has 0 atom stereocenters. The van der Waals surface area contributed by atoms with Crippen LogP contribution in [-0.4, -0.2) is 18.8 Å². The number of rotatable bonds is 4. The van der Waals surface area contributed by atoms with Gasteiger partial charge in [-0.05, 0) is 28.9 Å². The van der Waals surface area contributed by atoms with Crippen molar-refractivity contribution in [3.8, 4) is 5.75 Å². The van der Waals surface area contributed by atoms with Gasteiger partial charge in [-0.3, -0.25) is 0 Å². The van der Waals surface area contributed by atoms with Gasteiger partial charge in [-0.25, -0.2) is 0 Å². The Bertz CT molecular complexity index is 544. The molecule has 0 aromatic heterocycles. The van der Waals surface area contributed by atoms with Crippen molar-refractivity contribution in [1.29, 1.82) is 0 Å². The van der Waals surface area contributed by atoms with Crippen LogP contribution in [0, 0.1) is 0 Å². The molecule has 0 aliphatic carbocycles. The van der Waals surface area contributed by atoms with Crippen LogP contribution in [0.2, 0.25) is 0 Å². The van der Waals surface area contributed by atoms with Gasteiger partial charge in [0.05, 0.1) is 7.11 Å². The molecule has 0 spiro atoms. The monoisotopic (exact) mass is 244 g/mol. The lowest BCUT2D eigenvalue weighted by Gasteiger charge is -2.26. The zero-order valence-corrected chi connectivity index (χ0v) is 11.2. The Morgan fingerprint density at radius 1 is 1.06 bits per heavy atom. The van der Waals surface area contributed by atoms with E-state index in [-0.39, 0.29) is 12.0 Å². The molecule has 0 fully saturated rings. The number of ether oxygens (including phenoxy) is 1. The Morgan fingerprint density at radius 3 is 2.33 bits per heavy atom. The zero-order valence-electron chi connectivity index (χ0n) is 11.2. The summed E-state index contributed by atoms with van der Waals surface area (Å²) in [5, 5.41) is 11.5. The van der Waals surface area contributed by atoms with Gasteiger partial charge in [0, 0.05) is 12.0 Å². The fourth-order valence-electron chi connectivity index (χ4n) is 2.45. The van der Waals surface area contributed by atoms with Gasteiger partial charge in [0.15, 0.2) is 0 Å². The Balaban J connectivity index is 2.66. The fourth-order valence-corrected chi connectivity index (χ4v) is 2.45. The van der Waals surface area contributed by atoms with Crippen molar-refractivity contribution < 1.29 is 9.84 Å². The number of hydrogen-bond donors (Lipinski definition) is 1. The molecule has 96 valence electrons. The molecule has 0 aliphatic rings. The topological polar surface area (TPSA) is 29.5 Å². The molecule has 18 heavy (non-hydrogen) atoms. The predicted octanol–water partition coefficient (Wildman–Crippen LogP) is 3.51. The number of hydrogen-bond acceptors (Lipinski definition) is 2. The van der Waals surface area contributed by atoms with Crippen LogP contribution >= 0.6 is 0 Å². The summed E-state index contributed by atoms with van der Waals surface area (Å²) in [6.45, 7) is 4.53. The van der Waals surface area contributed by atoms with E-state index in [1.807, 2.05) is 18.2 Å². The first kappa shape index (κ1) is 12.9. The van der Waals surface area contributed by atoms with Crippen LogP contribution in [0.25, 0.3) is 10.8 Å². The van der Waals surface area contributed by atoms with Crippen molar-refractivity contribution in [3.63, 3.8) is 0 Å². The summed E-state index contributed by atoms with van der Waals surface area (Å²) in [6.07, 6.45) is 0.753. The molecule has 2 rings (SSSR count). The van der Waals surface area contributed by atoms with Crippen molar-refractivity contribution in [3.05, 3.63) is 42.0 Å². The lowest BCUT2D eigenvalue weighted by molar-refractivity contribution is 0.253. The standard InChI is InChI=1S/C16H20O2/c1-16(2,10-11-17)14-8-9-15(18-3)13-7-5-4-6-12(13)14/h4-9,17H,10-11H2,1-3H3. The van der Waals surface area contributed by atoms with Gasteiger partial charge in [0.2, 0.25) is 0 Å². The van der Waals surface area contributed by atoms with E-state index in [9.17, 15) is 5.11 Å². The first-order valence-corrected chi connectivity index (χ1v) is 6.27. The Labute approximate surface area is 108 Å². The van der Waals surface area contributed by atoms with Gasteiger partial charge < -0.3 is 9.84 Å². The number of aliphatic hydroxyl groups excluding tert-OH is 1. The minimum atomic E-state index is -0.0410. The second kappa shape index (κ2) is 4.99. The second-order valence-corrected chi connectivity index (χ2v) is 5.22. The molecule has 0 radical (unpaired) electrons. The van der Waals surface area contributed by atoms with E-state index >= 15 is 0 Å². The quantitative estimate of drug-likeness (QED) is 0.891. The molecule has 2 aromatic rings. The van der Waals surface area contributed by atoms with Gasteiger partial charge in [-0.15, -0.1) is 0 Å². The van der Waals surface area contributed by atoms with Crippen LogP contribution in [0.5, 0.6) is 5.75 Å². The highest BCUT2D eigenvalue weighted by Crippen LogP contribution is 2.36. The summed E-state index contributed by atoms with van der Waals surface area (Å²) < 4.78 is 5.41. The van der Waals surface area contributed by atoms with Crippen LogP contribution < -0.4 is 4.74 Å². The molecular weight excluding hydrogens is 224 g/mol. The zero-order chi connectivity index (χ0) is 13.2. The van der Waals surface area contributed by atoms with E-state index in [2.05, 4.69) is 32.0 Å². The molecular formula is C16H20O2. The number of fused-ring (bicyclic) bond motifs is 1. The minimum Gasteiger partial charge on any atom is -0.496 e. The molecule has 0 amide bonds. The van der Waals surface area contributed by atoms with Crippen LogP contribution in [0.15, 0.2) is 36.4 Å². The normalized spacial score (nSPS) is 11.8. The van der Waals surface area contributed by atoms with Crippen LogP contribution in [0.3, 0.4) is 0 Å². The highest BCUT2D eigenvalue weighted by atomic mass is 16.5. The maximum Gasteiger partial charge on any atom is 0.126 e. The van der Waals surface area contributed by atoms with Crippen molar-refractivity contribution in [2.24, 2.45) is 0 Å². The average molecular weight is 244 g/mol. The van der Waals surface area contributed by atoms with Crippen molar-refractivity contribution in [1.82, 2.24) is 0 Å². The summed E-state index contributed by atoms with van der Waals surface area (Å²) in [7, 11) is 1.69. The van der Waals surface area contributed by atoms with Gasteiger partial charge in [-0.2, -0.15) is 0 Å². The molecule has 2 heteroatoms. The average Bonchev–Trinajstić information content (AvgIpc) is 2.37. The molecule has 0 bridgehead atoms. The van der Waals surface area contributed by atoms with Crippen LogP contribution in [-0.2, 0) is 5.41 Å². The van der Waals surface area contributed by atoms with Gasteiger partial charge >= 0.3 is 0 Å². The van der Waals surface area contributed by atoms with Gasteiger partial charge in [0.1, 0.15) is 5.75 Å². The predicted molar refractivity (Wildman–Crippen MR) is 75.2 cm³/mol. The summed E-state index contributed by atoms with van der Waals surface area (Å²) >= 11 is 0. The fraction of sp³-hybridized carbons (Fsp3) is 0.375. The van der Waals surface area contributed by atoms with E-state index in [0.29, 0.717) is 0 Å². The number of aliphatic hydroxyl groups is 1.